The van der Waals surface area contributed by atoms with Gasteiger partial charge in [-0.2, -0.15) is 5.26 Å². The predicted octanol–water partition coefficient (Wildman–Crippen LogP) is 6.08. The normalized spacial score (nSPS) is 23.6. The van der Waals surface area contributed by atoms with Gasteiger partial charge in [0.15, 0.2) is 9.84 Å². The van der Waals surface area contributed by atoms with Gasteiger partial charge in [-0.05, 0) is 87.2 Å². The fourth-order valence-electron chi connectivity index (χ4n) is 7.46. The van der Waals surface area contributed by atoms with E-state index in [-0.39, 0.29) is 10.7 Å². The van der Waals surface area contributed by atoms with Crippen LogP contribution in [0.4, 0.5) is 5.69 Å². The fraction of sp³-hybridized carbons (Fsp3) is 0.581. The van der Waals surface area contributed by atoms with E-state index in [2.05, 4.69) is 46.2 Å². The molecule has 2 heterocycles. The van der Waals surface area contributed by atoms with Crippen molar-refractivity contribution in [2.24, 2.45) is 17.8 Å². The van der Waals surface area contributed by atoms with E-state index < -0.39 is 9.84 Å². The molecule has 202 valence electrons. The number of benzene rings is 2. The third kappa shape index (κ3) is 4.76. The highest BCUT2D eigenvalue weighted by Gasteiger charge is 2.49. The number of sulfone groups is 1. The third-order valence-electron chi connectivity index (χ3n) is 9.69. The molecule has 2 aromatic rings. The maximum absolute atomic E-state index is 12.5. The summed E-state index contributed by atoms with van der Waals surface area (Å²) in [6.07, 6.45) is 8.54. The number of rotatable bonds is 8. The topological polar surface area (TPSA) is 64.4 Å². The van der Waals surface area contributed by atoms with Gasteiger partial charge in [-0.15, -0.1) is 0 Å². The molecule has 2 aliphatic heterocycles. The predicted molar refractivity (Wildman–Crippen MR) is 152 cm³/mol. The lowest BCUT2D eigenvalue weighted by Gasteiger charge is -2.47. The second-order valence-electron chi connectivity index (χ2n) is 12.0. The van der Waals surface area contributed by atoms with E-state index in [1.807, 2.05) is 6.07 Å². The van der Waals surface area contributed by atoms with Gasteiger partial charge in [0.1, 0.15) is 0 Å². The highest BCUT2D eigenvalue weighted by molar-refractivity contribution is 7.92. The SMILES string of the molecule is N#CC(c1ccccc1)(C1CCCC1)C1CCN(CC2CN(c3ccc(S(=O)(=O)C4CC4)cc3Cl)C2)CC1. The number of hydrogen-bond donors (Lipinski definition) is 0. The first-order chi connectivity index (χ1) is 18.4. The second-order valence-corrected chi connectivity index (χ2v) is 14.7. The molecule has 0 N–H and O–H groups in total. The molecule has 1 unspecified atom stereocenters. The number of nitrogens with zero attached hydrogens (tertiary/aromatic N) is 3. The van der Waals surface area contributed by atoms with Gasteiger partial charge in [0.25, 0.3) is 0 Å². The van der Waals surface area contributed by atoms with Gasteiger partial charge in [0, 0.05) is 25.6 Å². The van der Waals surface area contributed by atoms with Gasteiger partial charge in [-0.25, -0.2) is 8.42 Å². The summed E-state index contributed by atoms with van der Waals surface area (Å²) in [5.74, 6) is 1.47. The van der Waals surface area contributed by atoms with Crippen LogP contribution in [0.2, 0.25) is 5.02 Å². The molecule has 4 fully saturated rings. The highest BCUT2D eigenvalue weighted by Crippen LogP contribution is 2.50. The third-order valence-corrected chi connectivity index (χ3v) is 12.3. The van der Waals surface area contributed by atoms with Crippen LogP contribution in [-0.4, -0.2) is 51.3 Å². The molecular formula is C31H38ClN3O2S. The van der Waals surface area contributed by atoms with Crippen molar-refractivity contribution in [3.05, 3.63) is 59.1 Å². The van der Waals surface area contributed by atoms with E-state index in [1.165, 1.54) is 31.2 Å². The number of likely N-dealkylation sites (tertiary alicyclic amines) is 1. The maximum atomic E-state index is 12.5. The molecule has 2 aromatic carbocycles. The molecule has 2 aliphatic carbocycles. The number of hydrogen-bond acceptors (Lipinski definition) is 5. The van der Waals surface area contributed by atoms with Gasteiger partial charge in [0.05, 0.1) is 32.3 Å². The molecule has 1 atom stereocenters. The van der Waals surface area contributed by atoms with E-state index in [4.69, 9.17) is 11.6 Å². The summed E-state index contributed by atoms with van der Waals surface area (Å²) < 4.78 is 25.1. The van der Waals surface area contributed by atoms with Gasteiger partial charge < -0.3 is 9.80 Å². The van der Waals surface area contributed by atoms with E-state index in [0.29, 0.717) is 27.7 Å². The van der Waals surface area contributed by atoms with Crippen LogP contribution in [-0.2, 0) is 15.3 Å². The number of halogens is 1. The van der Waals surface area contributed by atoms with Crippen molar-refractivity contribution >= 4 is 27.1 Å². The molecule has 0 aromatic heterocycles. The van der Waals surface area contributed by atoms with Crippen molar-refractivity contribution in [2.45, 2.75) is 66.9 Å². The Labute approximate surface area is 232 Å². The largest absolute Gasteiger partial charge is 0.370 e. The van der Waals surface area contributed by atoms with Crippen LogP contribution in [0, 0.1) is 29.1 Å². The average Bonchev–Trinajstić information content (AvgIpc) is 3.65. The first-order valence-electron chi connectivity index (χ1n) is 14.4. The molecule has 2 saturated carbocycles. The van der Waals surface area contributed by atoms with Crippen LogP contribution in [0.3, 0.4) is 0 Å². The molecular weight excluding hydrogens is 514 g/mol. The zero-order chi connectivity index (χ0) is 26.3. The monoisotopic (exact) mass is 551 g/mol. The minimum atomic E-state index is -3.22. The molecule has 7 heteroatoms. The smallest absolute Gasteiger partial charge is 0.181 e. The van der Waals surface area contributed by atoms with Crippen LogP contribution in [0.25, 0.3) is 0 Å². The zero-order valence-electron chi connectivity index (χ0n) is 22.1. The minimum absolute atomic E-state index is 0.217. The van der Waals surface area contributed by atoms with Crippen molar-refractivity contribution in [1.29, 1.82) is 5.26 Å². The van der Waals surface area contributed by atoms with E-state index >= 15 is 0 Å². The highest BCUT2D eigenvalue weighted by atomic mass is 35.5. The Hall–Kier alpha value is -2.07. The lowest BCUT2D eigenvalue weighted by atomic mass is 9.60. The van der Waals surface area contributed by atoms with E-state index in [1.54, 1.807) is 12.1 Å². The first-order valence-corrected chi connectivity index (χ1v) is 16.3. The summed E-state index contributed by atoms with van der Waals surface area (Å²) in [5.41, 5.74) is 1.82. The Morgan fingerprint density at radius 3 is 2.18 bits per heavy atom. The van der Waals surface area contributed by atoms with Crippen molar-refractivity contribution in [2.75, 3.05) is 37.6 Å². The first kappa shape index (κ1) is 26.2. The quantitative estimate of drug-likeness (QED) is 0.398. The lowest BCUT2D eigenvalue weighted by molar-refractivity contribution is 0.103. The van der Waals surface area contributed by atoms with Gasteiger partial charge in [0.2, 0.25) is 0 Å². The Bertz CT molecular complexity index is 1290. The molecule has 5 nitrogen and oxygen atoms in total. The lowest BCUT2D eigenvalue weighted by Crippen LogP contribution is -2.53. The van der Waals surface area contributed by atoms with Gasteiger partial charge >= 0.3 is 0 Å². The number of nitriles is 1. The van der Waals surface area contributed by atoms with Gasteiger partial charge in [-0.1, -0.05) is 54.8 Å². The summed E-state index contributed by atoms with van der Waals surface area (Å²) in [7, 11) is -3.22. The molecule has 0 bridgehead atoms. The van der Waals surface area contributed by atoms with E-state index in [0.717, 1.165) is 64.1 Å². The van der Waals surface area contributed by atoms with Crippen LogP contribution < -0.4 is 4.90 Å². The van der Waals surface area contributed by atoms with Crippen molar-refractivity contribution < 1.29 is 8.42 Å². The fourth-order valence-corrected chi connectivity index (χ4v) is 9.50. The Balaban J connectivity index is 1.05. The molecule has 38 heavy (non-hydrogen) atoms. The zero-order valence-corrected chi connectivity index (χ0v) is 23.6. The van der Waals surface area contributed by atoms with Crippen molar-refractivity contribution in [3.63, 3.8) is 0 Å². The molecule has 0 radical (unpaired) electrons. The summed E-state index contributed by atoms with van der Waals surface area (Å²) in [6, 6.07) is 18.8. The summed E-state index contributed by atoms with van der Waals surface area (Å²) in [5, 5.41) is 11.0. The van der Waals surface area contributed by atoms with Crippen molar-refractivity contribution in [3.8, 4) is 6.07 Å². The van der Waals surface area contributed by atoms with Gasteiger partial charge in [-0.3, -0.25) is 0 Å². The molecule has 4 aliphatic rings. The van der Waals surface area contributed by atoms with Crippen LogP contribution >= 0.6 is 11.6 Å². The minimum Gasteiger partial charge on any atom is -0.370 e. The second kappa shape index (κ2) is 10.5. The number of piperidine rings is 1. The molecule has 2 saturated heterocycles. The molecule has 0 spiro atoms. The Morgan fingerprint density at radius 1 is 0.921 bits per heavy atom. The van der Waals surface area contributed by atoms with Crippen LogP contribution in [0.1, 0.15) is 56.9 Å². The molecule has 0 amide bonds. The van der Waals surface area contributed by atoms with E-state index in [9.17, 15) is 13.7 Å². The van der Waals surface area contributed by atoms with Crippen molar-refractivity contribution in [1.82, 2.24) is 4.90 Å². The molecule has 6 rings (SSSR count). The maximum Gasteiger partial charge on any atom is 0.181 e. The van der Waals surface area contributed by atoms with Crippen LogP contribution in [0.5, 0.6) is 0 Å². The summed E-state index contributed by atoms with van der Waals surface area (Å²) in [6.45, 7) is 5.08. The number of anilines is 1. The average molecular weight is 552 g/mol. The standard InChI is InChI=1S/C31H38ClN3O2S/c32-29-18-28(38(36,37)27-10-11-27)12-13-30(29)35-20-23(21-35)19-34-16-14-26(15-17-34)31(22-33,25-8-4-5-9-25)24-6-2-1-3-7-24/h1-3,6-7,12-13,18,23,25-27H,4-5,8-11,14-17,19-21H2. The Morgan fingerprint density at radius 2 is 1.58 bits per heavy atom. The summed E-state index contributed by atoms with van der Waals surface area (Å²) in [4.78, 5) is 5.21. The Kier molecular flexibility index (Phi) is 7.22. The van der Waals surface area contributed by atoms with Crippen LogP contribution in [0.15, 0.2) is 53.4 Å². The summed E-state index contributed by atoms with van der Waals surface area (Å²) >= 11 is 6.54.